The monoisotopic (exact) mass is 314 g/mol. The van der Waals surface area contributed by atoms with Crippen LogP contribution in [0.2, 0.25) is 10.6 Å². The first-order valence-electron chi connectivity index (χ1n) is 3.24. The van der Waals surface area contributed by atoms with Gasteiger partial charge in [-0.2, -0.15) is 0 Å². The topological polar surface area (TPSA) is 58.9 Å². The molecule has 0 saturated carbocycles. The summed E-state index contributed by atoms with van der Waals surface area (Å²) in [6, 6.07) is 0. The molecule has 0 bridgehead atoms. The van der Waals surface area contributed by atoms with E-state index in [4.69, 9.17) is 0 Å². The van der Waals surface area contributed by atoms with Crippen molar-refractivity contribution in [3.63, 3.8) is 0 Å². The van der Waals surface area contributed by atoms with Gasteiger partial charge < -0.3 is 0 Å². The molecule has 1 aliphatic heterocycles. The van der Waals surface area contributed by atoms with Crippen molar-refractivity contribution in [2.24, 2.45) is 9.98 Å². The molecule has 1 saturated heterocycles. The first kappa shape index (κ1) is 12.8. The minimum atomic E-state index is 0. The fourth-order valence-electron chi connectivity index (χ4n) is 0.783. The van der Waals surface area contributed by atoms with E-state index in [-0.39, 0.29) is 32.3 Å². The van der Waals surface area contributed by atoms with Crippen molar-refractivity contribution < 1.29 is 9.59 Å². The summed E-state index contributed by atoms with van der Waals surface area (Å²) in [5.41, 5.74) is 0. The Morgan fingerprint density at radius 2 is 1.54 bits per heavy atom. The van der Waals surface area contributed by atoms with E-state index in [0.717, 1.165) is 10.6 Å². The van der Waals surface area contributed by atoms with Crippen molar-refractivity contribution in [3.05, 3.63) is 0 Å². The van der Waals surface area contributed by atoms with E-state index in [2.05, 4.69) is 9.98 Å². The molecule has 0 aromatic rings. The van der Waals surface area contributed by atoms with Gasteiger partial charge in [0.15, 0.2) is 0 Å². The zero-order valence-electron chi connectivity index (χ0n) is 6.10. The van der Waals surface area contributed by atoms with Crippen LogP contribution < -0.4 is 0 Å². The van der Waals surface area contributed by atoms with Gasteiger partial charge in [-0.05, 0) is 0 Å². The number of isocyanates is 2. The van der Waals surface area contributed by atoms with Crippen LogP contribution in [0.1, 0.15) is 7.43 Å². The van der Waals surface area contributed by atoms with Crippen LogP contribution in [0.3, 0.4) is 0 Å². The van der Waals surface area contributed by atoms with Crippen LogP contribution in [0.5, 0.6) is 0 Å². The molecule has 2 unspecified atom stereocenters. The molecule has 72 valence electrons. The van der Waals surface area contributed by atoms with Gasteiger partial charge in [0.25, 0.3) is 0 Å². The molecule has 0 aliphatic carbocycles. The van der Waals surface area contributed by atoms with Crippen LogP contribution in [-0.4, -0.2) is 52.0 Å². The Labute approximate surface area is 89.6 Å². The minimum absolute atomic E-state index is 0. The van der Waals surface area contributed by atoms with Gasteiger partial charge in [-0.25, -0.2) is 0 Å². The van der Waals surface area contributed by atoms with Gasteiger partial charge in [0.1, 0.15) is 0 Å². The normalized spacial score (nSPS) is 26.2. The average Bonchev–Trinajstić information content (AvgIpc) is 2.06. The summed E-state index contributed by atoms with van der Waals surface area (Å²) < 4.78 is 0. The average molecular weight is 312 g/mol. The van der Waals surface area contributed by atoms with Crippen molar-refractivity contribution >= 4 is 42.1 Å². The van der Waals surface area contributed by atoms with Crippen LogP contribution >= 0.6 is 0 Å². The number of aliphatic imine (C=N–C) groups is 2. The summed E-state index contributed by atoms with van der Waals surface area (Å²) in [5, 5.41) is 1.99. The van der Waals surface area contributed by atoms with Crippen molar-refractivity contribution in [1.29, 1.82) is 0 Å². The van der Waals surface area contributed by atoms with Gasteiger partial charge in [-0.3, -0.25) is 0 Å². The molecule has 0 amide bonds. The molecular weight excluding hydrogens is 302 g/mol. The Kier molecular flexibility index (Phi) is 7.11. The number of nitrogens with zero attached hydrogens (tertiary/aromatic N) is 2. The molecule has 6 heteroatoms. The molecule has 4 nitrogen and oxygen atoms in total. The second-order valence-corrected chi connectivity index (χ2v) is 7.13. The van der Waals surface area contributed by atoms with Crippen molar-refractivity contribution in [1.82, 2.24) is 0 Å². The summed E-state index contributed by atoms with van der Waals surface area (Å²) >= 11 is 0.616. The number of hydrogen-bond donors (Lipinski definition) is 0. The SMILES string of the molecule is C.O=C=NC1C[Se]CC(N=C=O)[Se]1. The van der Waals surface area contributed by atoms with E-state index in [1.807, 2.05) is 0 Å². The third kappa shape index (κ3) is 4.54. The van der Waals surface area contributed by atoms with Gasteiger partial charge >= 0.3 is 82.2 Å². The van der Waals surface area contributed by atoms with E-state index >= 15 is 0 Å². The standard InChI is InChI=1S/C6H6N2O2Se2.CH4/c9-3-7-5-1-11-2-6(12-5)8-4-10;/h5-6H,1-2H2;1H4. The van der Waals surface area contributed by atoms with Gasteiger partial charge in [0.05, 0.1) is 0 Å². The summed E-state index contributed by atoms with van der Waals surface area (Å²) in [4.78, 5) is 27.4. The van der Waals surface area contributed by atoms with Crippen LogP contribution in [0.4, 0.5) is 0 Å². The fourth-order valence-corrected chi connectivity index (χ4v) is 7.56. The second-order valence-electron chi connectivity index (χ2n) is 2.02. The van der Waals surface area contributed by atoms with Crippen molar-refractivity contribution in [2.45, 2.75) is 27.9 Å². The molecule has 2 atom stereocenters. The van der Waals surface area contributed by atoms with Crippen LogP contribution in [0, 0.1) is 0 Å². The summed E-state index contributed by atoms with van der Waals surface area (Å²) in [6.07, 6.45) is 3.12. The third-order valence-electron chi connectivity index (χ3n) is 1.23. The van der Waals surface area contributed by atoms with Crippen molar-refractivity contribution in [3.8, 4) is 0 Å². The predicted octanol–water partition coefficient (Wildman–Crippen LogP) is 0.205. The van der Waals surface area contributed by atoms with Gasteiger partial charge in [-0.1, -0.05) is 7.43 Å². The molecule has 1 aliphatic rings. The van der Waals surface area contributed by atoms with E-state index in [0.29, 0.717) is 15.0 Å². The molecule has 0 aromatic carbocycles. The van der Waals surface area contributed by atoms with Crippen LogP contribution in [0.15, 0.2) is 9.98 Å². The fraction of sp³-hybridized carbons (Fsp3) is 0.714. The quantitative estimate of drug-likeness (QED) is 0.416. The van der Waals surface area contributed by atoms with Gasteiger partial charge in [-0.15, -0.1) is 0 Å². The third-order valence-corrected chi connectivity index (χ3v) is 8.14. The molecule has 1 rings (SSSR count). The zero-order valence-corrected chi connectivity index (χ0v) is 9.52. The summed E-state index contributed by atoms with van der Waals surface area (Å²) in [6.45, 7) is 0. The molecule has 1 fully saturated rings. The van der Waals surface area contributed by atoms with E-state index in [1.165, 1.54) is 0 Å². The Morgan fingerprint density at radius 3 is 1.92 bits per heavy atom. The Balaban J connectivity index is 0.00000144. The Hall–Kier alpha value is -0.201. The molecule has 13 heavy (non-hydrogen) atoms. The molecule has 0 spiro atoms. The maximum absolute atomic E-state index is 9.95. The molecule has 0 aromatic heterocycles. The zero-order chi connectivity index (χ0) is 8.81. The van der Waals surface area contributed by atoms with E-state index in [9.17, 15) is 9.59 Å². The number of rotatable bonds is 2. The summed E-state index contributed by atoms with van der Waals surface area (Å²) in [7, 11) is 0. The predicted molar refractivity (Wildman–Crippen MR) is 51.7 cm³/mol. The van der Waals surface area contributed by atoms with Crippen LogP contribution in [-0.2, 0) is 9.59 Å². The first-order chi connectivity index (χ1) is 5.86. The molecule has 1 heterocycles. The van der Waals surface area contributed by atoms with Gasteiger partial charge in [0.2, 0.25) is 0 Å². The van der Waals surface area contributed by atoms with Crippen molar-refractivity contribution in [2.75, 3.05) is 0 Å². The Bertz CT molecular complexity index is 223. The maximum atomic E-state index is 9.95. The van der Waals surface area contributed by atoms with E-state index < -0.39 is 0 Å². The number of carbonyl (C=O) groups excluding carboxylic acids is 2. The first-order valence-corrected chi connectivity index (χ1v) is 7.64. The Morgan fingerprint density at radius 1 is 1.08 bits per heavy atom. The molecular formula is C7H10N2O2Se2. The molecule has 0 radical (unpaired) electrons. The second kappa shape index (κ2) is 7.23. The van der Waals surface area contributed by atoms with Gasteiger partial charge in [0, 0.05) is 0 Å². The molecule has 0 N–H and O–H groups in total. The summed E-state index contributed by atoms with van der Waals surface area (Å²) in [5.74, 6) is 0. The van der Waals surface area contributed by atoms with Crippen LogP contribution in [0.25, 0.3) is 0 Å². The number of hydrogen-bond acceptors (Lipinski definition) is 4. The van der Waals surface area contributed by atoms with E-state index in [1.54, 1.807) is 12.2 Å².